The molecule has 0 fully saturated rings. The van der Waals surface area contributed by atoms with Crippen LogP contribution in [-0.2, 0) is 35.5 Å². The van der Waals surface area contributed by atoms with E-state index in [0.29, 0.717) is 25.9 Å². The van der Waals surface area contributed by atoms with Gasteiger partial charge in [0.1, 0.15) is 5.82 Å². The van der Waals surface area contributed by atoms with Crippen molar-refractivity contribution in [1.82, 2.24) is 25.2 Å². The van der Waals surface area contributed by atoms with Gasteiger partial charge >= 0.3 is 0 Å². The monoisotopic (exact) mass is 329 g/mol. The molecule has 0 saturated heterocycles. The zero-order valence-corrected chi connectivity index (χ0v) is 13.8. The smallest absolute Gasteiger partial charge is 0.224 e. The van der Waals surface area contributed by atoms with Crippen LogP contribution in [0, 0.1) is 5.92 Å². The van der Waals surface area contributed by atoms with Gasteiger partial charge in [-0.05, 0) is 25.0 Å². The first-order valence-corrected chi connectivity index (χ1v) is 8.31. The summed E-state index contributed by atoms with van der Waals surface area (Å²) in [5, 5.41) is 5.65. The number of hydrogen-bond donors (Lipinski definition) is 3. The van der Waals surface area contributed by atoms with E-state index in [0.717, 1.165) is 30.1 Å². The first-order chi connectivity index (χ1) is 11.7. The molecule has 1 aliphatic rings. The minimum absolute atomic E-state index is 0.0128. The largest absolute Gasteiger partial charge is 0.365 e. The molecule has 128 valence electrons. The SMILES string of the molecule is CNC(=O)C1CCc2ncc(CNC(=O)CCc3ccc[nH]3)n2C1. The molecule has 7 heteroatoms. The fraction of sp³-hybridized carbons (Fsp3) is 0.471. The number of rotatable bonds is 6. The zero-order valence-electron chi connectivity index (χ0n) is 13.8. The van der Waals surface area contributed by atoms with Crippen LogP contribution in [0.25, 0.3) is 0 Å². The number of aromatic amines is 1. The highest BCUT2D eigenvalue weighted by molar-refractivity contribution is 5.78. The fourth-order valence-corrected chi connectivity index (χ4v) is 3.10. The molecule has 3 N–H and O–H groups in total. The summed E-state index contributed by atoms with van der Waals surface area (Å²) in [6, 6.07) is 3.90. The van der Waals surface area contributed by atoms with Crippen molar-refractivity contribution in [2.24, 2.45) is 5.92 Å². The maximum Gasteiger partial charge on any atom is 0.224 e. The number of aromatic nitrogens is 3. The van der Waals surface area contributed by atoms with Crippen LogP contribution in [0.1, 0.15) is 30.1 Å². The highest BCUT2D eigenvalue weighted by Crippen LogP contribution is 2.21. The molecule has 3 rings (SSSR count). The van der Waals surface area contributed by atoms with E-state index in [1.807, 2.05) is 18.3 Å². The lowest BCUT2D eigenvalue weighted by Gasteiger charge is -2.24. The molecule has 1 aliphatic heterocycles. The first kappa shape index (κ1) is 16.3. The second-order valence-electron chi connectivity index (χ2n) is 6.10. The Bertz CT molecular complexity index is 705. The molecule has 0 saturated carbocycles. The Labute approximate surface area is 140 Å². The summed E-state index contributed by atoms with van der Waals surface area (Å²) in [5.74, 6) is 1.04. The van der Waals surface area contributed by atoms with Gasteiger partial charge in [-0.1, -0.05) is 0 Å². The summed E-state index contributed by atoms with van der Waals surface area (Å²) in [4.78, 5) is 31.4. The quantitative estimate of drug-likeness (QED) is 0.731. The summed E-state index contributed by atoms with van der Waals surface area (Å²) in [7, 11) is 1.66. The molecule has 3 heterocycles. The molecular weight excluding hydrogens is 306 g/mol. The number of nitrogens with one attached hydrogen (secondary N) is 3. The van der Waals surface area contributed by atoms with Gasteiger partial charge in [-0.25, -0.2) is 4.98 Å². The number of amides is 2. The molecular formula is C17H23N5O2. The van der Waals surface area contributed by atoms with E-state index < -0.39 is 0 Å². The fourth-order valence-electron chi connectivity index (χ4n) is 3.10. The third-order valence-corrected chi connectivity index (χ3v) is 4.51. The molecule has 7 nitrogen and oxygen atoms in total. The second kappa shape index (κ2) is 7.33. The summed E-state index contributed by atoms with van der Waals surface area (Å²) < 4.78 is 2.06. The van der Waals surface area contributed by atoms with Crippen molar-refractivity contribution in [3.63, 3.8) is 0 Å². The number of H-pyrrole nitrogens is 1. The number of imidazole rings is 1. The highest BCUT2D eigenvalue weighted by atomic mass is 16.2. The third-order valence-electron chi connectivity index (χ3n) is 4.51. The third kappa shape index (κ3) is 3.67. The van der Waals surface area contributed by atoms with Crippen LogP contribution in [0.2, 0.25) is 0 Å². The van der Waals surface area contributed by atoms with Gasteiger partial charge < -0.3 is 20.2 Å². The molecule has 24 heavy (non-hydrogen) atoms. The Morgan fingerprint density at radius 1 is 1.46 bits per heavy atom. The Hall–Kier alpha value is -2.57. The molecule has 0 aromatic carbocycles. The molecule has 2 aromatic rings. The van der Waals surface area contributed by atoms with E-state index in [1.54, 1.807) is 13.2 Å². The lowest BCUT2D eigenvalue weighted by atomic mass is 9.98. The van der Waals surface area contributed by atoms with Crippen molar-refractivity contribution in [3.05, 3.63) is 41.7 Å². The number of aryl methyl sites for hydroxylation is 2. The molecule has 1 unspecified atom stereocenters. The van der Waals surface area contributed by atoms with Crippen LogP contribution >= 0.6 is 0 Å². The van der Waals surface area contributed by atoms with Gasteiger partial charge in [0.05, 0.1) is 24.4 Å². The maximum absolute atomic E-state index is 12.0. The molecule has 2 amide bonds. The summed E-state index contributed by atoms with van der Waals surface area (Å²) >= 11 is 0. The Morgan fingerprint density at radius 2 is 2.33 bits per heavy atom. The van der Waals surface area contributed by atoms with Crippen LogP contribution in [0.15, 0.2) is 24.5 Å². The topological polar surface area (TPSA) is 91.8 Å². The molecule has 0 radical (unpaired) electrons. The highest BCUT2D eigenvalue weighted by Gasteiger charge is 2.26. The lowest BCUT2D eigenvalue weighted by molar-refractivity contribution is -0.125. The van der Waals surface area contributed by atoms with Crippen LogP contribution in [0.5, 0.6) is 0 Å². The van der Waals surface area contributed by atoms with Gasteiger partial charge in [0.2, 0.25) is 11.8 Å². The van der Waals surface area contributed by atoms with Crippen molar-refractivity contribution in [1.29, 1.82) is 0 Å². The van der Waals surface area contributed by atoms with E-state index in [2.05, 4.69) is 25.2 Å². The number of carbonyl (C=O) groups excluding carboxylic acids is 2. The minimum Gasteiger partial charge on any atom is -0.365 e. The number of hydrogen-bond acceptors (Lipinski definition) is 3. The number of carbonyl (C=O) groups is 2. The average molecular weight is 329 g/mol. The van der Waals surface area contributed by atoms with Gasteiger partial charge in [0.15, 0.2) is 0 Å². The van der Waals surface area contributed by atoms with Crippen molar-refractivity contribution >= 4 is 11.8 Å². The van der Waals surface area contributed by atoms with Crippen LogP contribution < -0.4 is 10.6 Å². The molecule has 0 spiro atoms. The Morgan fingerprint density at radius 3 is 3.08 bits per heavy atom. The van der Waals surface area contributed by atoms with E-state index >= 15 is 0 Å². The van der Waals surface area contributed by atoms with E-state index in [-0.39, 0.29) is 17.7 Å². The number of fused-ring (bicyclic) bond motifs is 1. The van der Waals surface area contributed by atoms with Crippen molar-refractivity contribution in [2.75, 3.05) is 7.05 Å². The lowest BCUT2D eigenvalue weighted by Crippen LogP contribution is -2.35. The summed E-state index contributed by atoms with van der Waals surface area (Å²) in [6.07, 6.45) is 6.41. The molecule has 2 aromatic heterocycles. The van der Waals surface area contributed by atoms with E-state index in [4.69, 9.17) is 0 Å². The zero-order chi connectivity index (χ0) is 16.9. The molecule has 1 atom stereocenters. The Kier molecular flexibility index (Phi) is 4.98. The minimum atomic E-state index is -0.0287. The average Bonchev–Trinajstić information content (AvgIpc) is 3.26. The van der Waals surface area contributed by atoms with Crippen molar-refractivity contribution in [3.8, 4) is 0 Å². The van der Waals surface area contributed by atoms with Gasteiger partial charge in [0.25, 0.3) is 0 Å². The predicted molar refractivity (Wildman–Crippen MR) is 89.1 cm³/mol. The van der Waals surface area contributed by atoms with Crippen LogP contribution in [0.3, 0.4) is 0 Å². The van der Waals surface area contributed by atoms with Crippen LogP contribution in [0.4, 0.5) is 0 Å². The van der Waals surface area contributed by atoms with E-state index in [1.165, 1.54) is 0 Å². The molecule has 0 bridgehead atoms. The first-order valence-electron chi connectivity index (χ1n) is 8.31. The number of nitrogens with zero attached hydrogens (tertiary/aromatic N) is 2. The van der Waals surface area contributed by atoms with Crippen molar-refractivity contribution < 1.29 is 9.59 Å². The van der Waals surface area contributed by atoms with Gasteiger partial charge in [-0.15, -0.1) is 0 Å². The van der Waals surface area contributed by atoms with Crippen molar-refractivity contribution in [2.45, 2.75) is 38.8 Å². The normalized spacial score (nSPS) is 16.5. The summed E-state index contributed by atoms with van der Waals surface area (Å²) in [6.45, 7) is 1.07. The standard InChI is InChI=1S/C17H23N5O2/c1-18-17(24)12-4-6-15-20-9-14(22(15)11-12)10-21-16(23)7-5-13-3-2-8-19-13/h2-3,8-9,12,19H,4-7,10-11H2,1H3,(H,18,24)(H,21,23). The maximum atomic E-state index is 12.0. The van der Waals surface area contributed by atoms with E-state index in [9.17, 15) is 9.59 Å². The Balaban J connectivity index is 1.54. The second-order valence-corrected chi connectivity index (χ2v) is 6.10. The van der Waals surface area contributed by atoms with Crippen LogP contribution in [-0.4, -0.2) is 33.4 Å². The van der Waals surface area contributed by atoms with Gasteiger partial charge in [-0.3, -0.25) is 9.59 Å². The van der Waals surface area contributed by atoms with Gasteiger partial charge in [0, 0.05) is 38.3 Å². The van der Waals surface area contributed by atoms with Gasteiger partial charge in [-0.2, -0.15) is 0 Å². The predicted octanol–water partition coefficient (Wildman–Crippen LogP) is 0.769. The molecule has 0 aliphatic carbocycles. The summed E-state index contributed by atoms with van der Waals surface area (Å²) in [5.41, 5.74) is 2.01.